The Morgan fingerprint density at radius 2 is 2.36 bits per heavy atom. The van der Waals surface area contributed by atoms with Crippen molar-refractivity contribution in [3.8, 4) is 0 Å². The summed E-state index contributed by atoms with van der Waals surface area (Å²) in [6.45, 7) is 0. The molecule has 0 amide bonds. The molecule has 0 radical (unpaired) electrons. The molecule has 0 N–H and O–H groups in total. The second kappa shape index (κ2) is 4.22. The maximum Gasteiger partial charge on any atom is 0.182 e. The molecule has 74 valence electrons. The van der Waals surface area contributed by atoms with Crippen molar-refractivity contribution in [1.29, 1.82) is 0 Å². The normalized spacial score (nSPS) is 15.5. The fourth-order valence-electron chi connectivity index (χ4n) is 1.45. The van der Waals surface area contributed by atoms with E-state index in [-0.39, 0.29) is 5.78 Å². The van der Waals surface area contributed by atoms with Gasteiger partial charge in [-0.1, -0.05) is 12.8 Å². The molecule has 1 fully saturated rings. The molecule has 3 heteroatoms. The Morgan fingerprint density at radius 1 is 1.57 bits per heavy atom. The first-order valence-corrected chi connectivity index (χ1v) is 5.70. The summed E-state index contributed by atoms with van der Waals surface area (Å²) in [5.74, 6) is 0.964. The number of carbonyl (C=O) groups excluding carboxylic acids is 1. The Morgan fingerprint density at radius 3 is 3.00 bits per heavy atom. The lowest BCUT2D eigenvalue weighted by Crippen LogP contribution is -2.03. The highest BCUT2D eigenvalue weighted by molar-refractivity contribution is 9.10. The number of pyridine rings is 1. The van der Waals surface area contributed by atoms with Crippen LogP contribution < -0.4 is 0 Å². The molecular weight excluding hydrogens is 242 g/mol. The summed E-state index contributed by atoms with van der Waals surface area (Å²) in [5, 5.41) is 0. The van der Waals surface area contributed by atoms with Gasteiger partial charge in [-0.3, -0.25) is 9.78 Å². The molecule has 1 aliphatic rings. The van der Waals surface area contributed by atoms with E-state index in [1.807, 2.05) is 12.1 Å². The SMILES string of the molecule is O=C(CCC1CC1)c1ncccc1Br. The van der Waals surface area contributed by atoms with Crippen molar-refractivity contribution in [2.45, 2.75) is 25.7 Å². The number of Topliss-reactive ketones (excluding diaryl/α,β-unsaturated/α-hetero) is 1. The van der Waals surface area contributed by atoms with E-state index < -0.39 is 0 Å². The number of nitrogens with zero attached hydrogens (tertiary/aromatic N) is 1. The van der Waals surface area contributed by atoms with Crippen LogP contribution >= 0.6 is 15.9 Å². The lowest BCUT2D eigenvalue weighted by molar-refractivity contribution is 0.0972. The van der Waals surface area contributed by atoms with Crippen LogP contribution in [0.1, 0.15) is 36.2 Å². The third kappa shape index (κ3) is 2.41. The number of carbonyl (C=O) groups is 1. The van der Waals surface area contributed by atoms with Crippen molar-refractivity contribution in [2.75, 3.05) is 0 Å². The van der Waals surface area contributed by atoms with Crippen molar-refractivity contribution in [3.05, 3.63) is 28.5 Å². The van der Waals surface area contributed by atoms with Crippen LogP contribution in [0, 0.1) is 5.92 Å². The van der Waals surface area contributed by atoms with Crippen molar-refractivity contribution in [2.24, 2.45) is 5.92 Å². The first-order chi connectivity index (χ1) is 6.77. The summed E-state index contributed by atoms with van der Waals surface area (Å²) >= 11 is 3.34. The molecule has 0 aromatic carbocycles. The van der Waals surface area contributed by atoms with Gasteiger partial charge in [-0.25, -0.2) is 0 Å². The van der Waals surface area contributed by atoms with Gasteiger partial charge in [0, 0.05) is 17.1 Å². The minimum absolute atomic E-state index is 0.157. The average molecular weight is 254 g/mol. The summed E-state index contributed by atoms with van der Waals surface area (Å²) in [4.78, 5) is 15.8. The highest BCUT2D eigenvalue weighted by Gasteiger charge is 2.22. The molecule has 0 unspecified atom stereocenters. The number of rotatable bonds is 4. The van der Waals surface area contributed by atoms with Crippen molar-refractivity contribution in [1.82, 2.24) is 4.98 Å². The van der Waals surface area contributed by atoms with E-state index in [0.717, 1.165) is 16.8 Å². The largest absolute Gasteiger partial charge is 0.292 e. The molecule has 2 rings (SSSR count). The van der Waals surface area contributed by atoms with Crippen LogP contribution in [0.25, 0.3) is 0 Å². The van der Waals surface area contributed by atoms with Gasteiger partial charge in [0.2, 0.25) is 0 Å². The first kappa shape index (κ1) is 9.84. The Kier molecular flexibility index (Phi) is 2.96. The molecule has 1 saturated carbocycles. The lowest BCUT2D eigenvalue weighted by atomic mass is 10.1. The number of hydrogen-bond donors (Lipinski definition) is 0. The summed E-state index contributed by atoms with van der Waals surface area (Å²) in [6, 6.07) is 3.68. The second-order valence-corrected chi connectivity index (χ2v) is 4.59. The Labute approximate surface area is 91.9 Å². The third-order valence-electron chi connectivity index (χ3n) is 2.50. The third-order valence-corrected chi connectivity index (χ3v) is 3.14. The smallest absolute Gasteiger partial charge is 0.182 e. The highest BCUT2D eigenvalue weighted by Crippen LogP contribution is 2.34. The molecule has 1 aliphatic carbocycles. The monoisotopic (exact) mass is 253 g/mol. The van der Waals surface area contributed by atoms with E-state index in [1.54, 1.807) is 6.20 Å². The molecule has 0 saturated heterocycles. The van der Waals surface area contributed by atoms with E-state index in [1.165, 1.54) is 12.8 Å². The van der Waals surface area contributed by atoms with Crippen molar-refractivity contribution in [3.63, 3.8) is 0 Å². The second-order valence-electron chi connectivity index (χ2n) is 3.74. The first-order valence-electron chi connectivity index (χ1n) is 4.91. The predicted octanol–water partition coefficient (Wildman–Crippen LogP) is 3.22. The van der Waals surface area contributed by atoms with E-state index in [2.05, 4.69) is 20.9 Å². The van der Waals surface area contributed by atoms with Crippen molar-refractivity contribution < 1.29 is 4.79 Å². The standard InChI is InChI=1S/C11H12BrNO/c12-9-2-1-7-13-11(9)10(14)6-5-8-3-4-8/h1-2,7-8H,3-6H2. The average Bonchev–Trinajstić information content (AvgIpc) is 2.98. The van der Waals surface area contributed by atoms with Crippen molar-refractivity contribution >= 4 is 21.7 Å². The number of ketones is 1. The number of hydrogen-bond acceptors (Lipinski definition) is 2. The minimum atomic E-state index is 0.157. The molecule has 1 aromatic heterocycles. The Bertz CT molecular complexity index is 347. The molecule has 0 aliphatic heterocycles. The quantitative estimate of drug-likeness (QED) is 0.772. The molecule has 0 bridgehead atoms. The molecule has 0 atom stereocenters. The van der Waals surface area contributed by atoms with E-state index in [9.17, 15) is 4.79 Å². The van der Waals surface area contributed by atoms with Gasteiger partial charge in [0.25, 0.3) is 0 Å². The summed E-state index contributed by atoms with van der Waals surface area (Å²) in [6.07, 6.45) is 5.94. The van der Waals surface area contributed by atoms with Gasteiger partial charge in [0.05, 0.1) is 0 Å². The van der Waals surface area contributed by atoms with E-state index >= 15 is 0 Å². The van der Waals surface area contributed by atoms with Gasteiger partial charge in [0.15, 0.2) is 5.78 Å². The zero-order valence-corrected chi connectivity index (χ0v) is 9.46. The molecule has 0 spiro atoms. The van der Waals surface area contributed by atoms with Crippen LogP contribution in [0.5, 0.6) is 0 Å². The topological polar surface area (TPSA) is 30.0 Å². The zero-order valence-electron chi connectivity index (χ0n) is 7.87. The molecular formula is C11H12BrNO. The van der Waals surface area contributed by atoms with Crippen LogP contribution in [0.4, 0.5) is 0 Å². The van der Waals surface area contributed by atoms with E-state index in [4.69, 9.17) is 0 Å². The zero-order chi connectivity index (χ0) is 9.97. The van der Waals surface area contributed by atoms with Crippen LogP contribution in [0.2, 0.25) is 0 Å². The van der Waals surface area contributed by atoms with Crippen LogP contribution in [0.3, 0.4) is 0 Å². The molecule has 1 heterocycles. The minimum Gasteiger partial charge on any atom is -0.292 e. The molecule has 14 heavy (non-hydrogen) atoms. The predicted molar refractivity (Wildman–Crippen MR) is 58.2 cm³/mol. The summed E-state index contributed by atoms with van der Waals surface area (Å²) in [5.41, 5.74) is 0.577. The highest BCUT2D eigenvalue weighted by atomic mass is 79.9. The van der Waals surface area contributed by atoms with Crippen LogP contribution in [-0.2, 0) is 0 Å². The Balaban J connectivity index is 1.98. The van der Waals surface area contributed by atoms with Gasteiger partial charge < -0.3 is 0 Å². The lowest BCUT2D eigenvalue weighted by Gasteiger charge is -2.01. The van der Waals surface area contributed by atoms with Crippen LogP contribution in [0.15, 0.2) is 22.8 Å². The van der Waals surface area contributed by atoms with Gasteiger partial charge in [-0.05, 0) is 40.4 Å². The fourth-order valence-corrected chi connectivity index (χ4v) is 1.93. The van der Waals surface area contributed by atoms with Gasteiger partial charge >= 0.3 is 0 Å². The van der Waals surface area contributed by atoms with Gasteiger partial charge in [0.1, 0.15) is 5.69 Å². The molecule has 1 aromatic rings. The maximum absolute atomic E-state index is 11.7. The van der Waals surface area contributed by atoms with E-state index in [0.29, 0.717) is 12.1 Å². The number of aromatic nitrogens is 1. The maximum atomic E-state index is 11.7. The summed E-state index contributed by atoms with van der Waals surface area (Å²) < 4.78 is 0.806. The summed E-state index contributed by atoms with van der Waals surface area (Å²) in [7, 11) is 0. The van der Waals surface area contributed by atoms with Crippen LogP contribution in [-0.4, -0.2) is 10.8 Å². The van der Waals surface area contributed by atoms with Gasteiger partial charge in [-0.15, -0.1) is 0 Å². The molecule has 2 nitrogen and oxygen atoms in total. The number of halogens is 1. The Hall–Kier alpha value is -0.700. The fraction of sp³-hybridized carbons (Fsp3) is 0.455. The van der Waals surface area contributed by atoms with Gasteiger partial charge in [-0.2, -0.15) is 0 Å².